The van der Waals surface area contributed by atoms with Crippen molar-refractivity contribution in [1.82, 2.24) is 25.1 Å². The van der Waals surface area contributed by atoms with Gasteiger partial charge in [-0.2, -0.15) is 0 Å². The predicted molar refractivity (Wildman–Crippen MR) is 167 cm³/mol. The Balaban J connectivity index is 0.957. The monoisotopic (exact) mass is 590 g/mol. The van der Waals surface area contributed by atoms with Gasteiger partial charge in [-0.25, -0.2) is 4.98 Å². The van der Waals surface area contributed by atoms with Crippen LogP contribution in [0.3, 0.4) is 0 Å². The molecule has 0 radical (unpaired) electrons. The number of pyridine rings is 1. The maximum Gasteiger partial charge on any atom is 0.252 e. The molecule has 6 rings (SSSR count). The van der Waals surface area contributed by atoms with E-state index in [0.717, 1.165) is 68.6 Å². The van der Waals surface area contributed by atoms with E-state index in [4.69, 9.17) is 23.2 Å². The first kappa shape index (κ1) is 28.0. The molecule has 7 nitrogen and oxygen atoms in total. The van der Waals surface area contributed by atoms with E-state index in [1.807, 2.05) is 30.5 Å². The lowest BCUT2D eigenvalue weighted by Gasteiger charge is -2.43. The van der Waals surface area contributed by atoms with Crippen molar-refractivity contribution < 1.29 is 4.79 Å². The second kappa shape index (κ2) is 12.8. The number of piperazine rings is 1. The van der Waals surface area contributed by atoms with E-state index in [0.29, 0.717) is 23.2 Å². The van der Waals surface area contributed by atoms with Crippen molar-refractivity contribution in [3.05, 3.63) is 93.7 Å². The molecule has 0 saturated carbocycles. The molecule has 2 N–H and O–H groups in total. The van der Waals surface area contributed by atoms with Gasteiger partial charge < -0.3 is 15.2 Å². The molecule has 2 fully saturated rings. The smallest absolute Gasteiger partial charge is 0.252 e. The molecule has 2 aromatic carbocycles. The Labute approximate surface area is 251 Å². The van der Waals surface area contributed by atoms with Crippen LogP contribution in [0.4, 0.5) is 5.82 Å². The molecule has 0 spiro atoms. The number of fused-ring (bicyclic) bond motifs is 1. The van der Waals surface area contributed by atoms with Gasteiger partial charge in [0.2, 0.25) is 0 Å². The number of aromatic nitrogens is 2. The number of anilines is 1. The Bertz CT molecular complexity index is 1470. The van der Waals surface area contributed by atoms with E-state index < -0.39 is 0 Å². The Morgan fingerprint density at radius 3 is 2.49 bits per heavy atom. The zero-order chi connectivity index (χ0) is 28.2. The van der Waals surface area contributed by atoms with Crippen LogP contribution in [0.1, 0.15) is 34.3 Å². The number of nitrogens with zero attached hydrogens (tertiary/aromatic N) is 4. The highest BCUT2D eigenvalue weighted by Gasteiger charge is 2.28. The largest absolute Gasteiger partial charge is 0.361 e. The van der Waals surface area contributed by atoms with Crippen molar-refractivity contribution >= 4 is 45.8 Å². The van der Waals surface area contributed by atoms with Crippen molar-refractivity contribution in [3.8, 4) is 0 Å². The van der Waals surface area contributed by atoms with Gasteiger partial charge in [0.1, 0.15) is 5.82 Å². The number of hydrogen-bond donors (Lipinski definition) is 2. The third-order valence-electron chi connectivity index (χ3n) is 8.45. The number of piperidine rings is 1. The van der Waals surface area contributed by atoms with Gasteiger partial charge in [-0.05, 0) is 67.7 Å². The summed E-state index contributed by atoms with van der Waals surface area (Å²) in [6.07, 6.45) is 6.79. The van der Waals surface area contributed by atoms with E-state index in [2.05, 4.69) is 54.2 Å². The molecular weight excluding hydrogens is 555 g/mol. The third kappa shape index (κ3) is 6.70. The molecule has 2 saturated heterocycles. The minimum Gasteiger partial charge on any atom is -0.361 e. The lowest BCUT2D eigenvalue weighted by atomic mass is 10.0. The number of likely N-dealkylation sites (tertiary alicyclic amines) is 1. The number of halogens is 2. The van der Waals surface area contributed by atoms with Gasteiger partial charge in [-0.3, -0.25) is 14.6 Å². The fourth-order valence-corrected chi connectivity index (χ4v) is 6.54. The van der Waals surface area contributed by atoms with Crippen molar-refractivity contribution in [2.75, 3.05) is 50.7 Å². The third-order valence-corrected chi connectivity index (χ3v) is 8.98. The highest BCUT2D eigenvalue weighted by Crippen LogP contribution is 2.27. The Morgan fingerprint density at radius 2 is 1.73 bits per heavy atom. The summed E-state index contributed by atoms with van der Waals surface area (Å²) in [5.74, 6) is 0.609. The summed E-state index contributed by atoms with van der Waals surface area (Å²) in [6.45, 7) is 7.52. The first-order valence-corrected chi connectivity index (χ1v) is 15.2. The number of benzene rings is 2. The summed E-state index contributed by atoms with van der Waals surface area (Å²) in [4.78, 5) is 28.1. The molecule has 41 heavy (non-hydrogen) atoms. The van der Waals surface area contributed by atoms with Crippen LogP contribution in [-0.2, 0) is 13.0 Å². The molecule has 2 aliphatic rings. The number of nitrogens with one attached hydrogen (secondary N) is 2. The van der Waals surface area contributed by atoms with Crippen LogP contribution >= 0.6 is 23.2 Å². The Morgan fingerprint density at radius 1 is 0.976 bits per heavy atom. The first-order chi connectivity index (χ1) is 20.0. The number of aromatic amines is 1. The number of para-hydroxylation sites is 1. The highest BCUT2D eigenvalue weighted by molar-refractivity contribution is 6.33. The van der Waals surface area contributed by atoms with Gasteiger partial charge >= 0.3 is 0 Å². The Kier molecular flexibility index (Phi) is 8.77. The normalized spacial score (nSPS) is 17.3. The van der Waals surface area contributed by atoms with Gasteiger partial charge in [0.25, 0.3) is 5.91 Å². The summed E-state index contributed by atoms with van der Waals surface area (Å²) in [7, 11) is 0. The number of amides is 1. The summed E-state index contributed by atoms with van der Waals surface area (Å²) in [6, 6.07) is 18.8. The molecule has 2 aliphatic heterocycles. The van der Waals surface area contributed by atoms with Crippen molar-refractivity contribution in [2.24, 2.45) is 0 Å². The Hall–Kier alpha value is -3.10. The number of carbonyl (C=O) groups is 1. The van der Waals surface area contributed by atoms with Crippen molar-refractivity contribution in [2.45, 2.75) is 31.8 Å². The molecule has 2 aromatic heterocycles. The van der Waals surface area contributed by atoms with Crippen LogP contribution in [0.25, 0.3) is 10.9 Å². The molecule has 0 atom stereocenters. The topological polar surface area (TPSA) is 67.5 Å². The first-order valence-electron chi connectivity index (χ1n) is 14.5. The summed E-state index contributed by atoms with van der Waals surface area (Å²) in [5.41, 5.74) is 4.10. The molecule has 9 heteroatoms. The maximum absolute atomic E-state index is 12.8. The van der Waals surface area contributed by atoms with Crippen LogP contribution in [0.5, 0.6) is 0 Å². The minimum atomic E-state index is -0.155. The SMILES string of the molecule is O=C(NCCc1c[nH]c2ccccc12)c1cnc(N2CCN(C3CCN(Cc4ccc(Cl)cc4)CC3)CC2)c(Cl)c1. The second-order valence-electron chi connectivity index (χ2n) is 11.1. The molecule has 0 unspecified atom stereocenters. The van der Waals surface area contributed by atoms with Crippen molar-refractivity contribution in [3.63, 3.8) is 0 Å². The molecule has 4 aromatic rings. The number of hydrogen-bond acceptors (Lipinski definition) is 5. The fourth-order valence-electron chi connectivity index (χ4n) is 6.13. The van der Waals surface area contributed by atoms with Crippen molar-refractivity contribution in [1.29, 1.82) is 0 Å². The summed E-state index contributed by atoms with van der Waals surface area (Å²) < 4.78 is 0. The van der Waals surface area contributed by atoms with E-state index in [9.17, 15) is 4.79 Å². The fraction of sp³-hybridized carbons (Fsp3) is 0.375. The highest BCUT2D eigenvalue weighted by atomic mass is 35.5. The van der Waals surface area contributed by atoms with Gasteiger partial charge in [0, 0.05) is 73.6 Å². The van der Waals surface area contributed by atoms with Gasteiger partial charge in [-0.15, -0.1) is 0 Å². The number of rotatable bonds is 8. The van der Waals surface area contributed by atoms with Crippen LogP contribution in [0.15, 0.2) is 67.0 Å². The maximum atomic E-state index is 12.8. The van der Waals surface area contributed by atoms with Gasteiger partial charge in [0.15, 0.2) is 0 Å². The molecule has 214 valence electrons. The predicted octanol–water partition coefficient (Wildman–Crippen LogP) is 5.63. The average Bonchev–Trinajstić information content (AvgIpc) is 3.42. The molecule has 0 aliphatic carbocycles. The van der Waals surface area contributed by atoms with E-state index in [1.54, 1.807) is 12.3 Å². The zero-order valence-corrected chi connectivity index (χ0v) is 24.7. The summed E-state index contributed by atoms with van der Waals surface area (Å²) in [5, 5.41) is 5.51. The number of carbonyl (C=O) groups excluding carboxylic acids is 1. The van der Waals surface area contributed by atoms with Crippen LogP contribution in [0.2, 0.25) is 10.0 Å². The molecule has 4 heterocycles. The minimum absolute atomic E-state index is 0.155. The van der Waals surface area contributed by atoms with E-state index in [1.165, 1.54) is 29.4 Å². The second-order valence-corrected chi connectivity index (χ2v) is 11.9. The average molecular weight is 592 g/mol. The molecule has 1 amide bonds. The standard InChI is InChI=1S/C32H36Cl2N6O/c33-26-7-5-23(6-8-26)22-38-13-10-27(11-14-38)39-15-17-40(18-16-39)31-29(34)19-25(21-37-31)32(41)35-12-9-24-20-36-30-4-2-1-3-28(24)30/h1-8,19-21,27,36H,9-18,22H2,(H,35,41). The molecule has 0 bridgehead atoms. The molecular formula is C32H36Cl2N6O. The van der Waals surface area contributed by atoms with Gasteiger partial charge in [0.05, 0.1) is 10.6 Å². The summed E-state index contributed by atoms with van der Waals surface area (Å²) >= 11 is 12.7. The quantitative estimate of drug-likeness (QED) is 0.278. The van der Waals surface area contributed by atoms with Crippen LogP contribution < -0.4 is 10.2 Å². The lowest BCUT2D eigenvalue weighted by Crippen LogP contribution is -2.53. The number of H-pyrrole nitrogens is 1. The van der Waals surface area contributed by atoms with Crippen LogP contribution in [-0.4, -0.2) is 77.5 Å². The van der Waals surface area contributed by atoms with E-state index in [-0.39, 0.29) is 5.91 Å². The van der Waals surface area contributed by atoms with Gasteiger partial charge in [-0.1, -0.05) is 53.5 Å². The van der Waals surface area contributed by atoms with E-state index >= 15 is 0 Å². The lowest BCUT2D eigenvalue weighted by molar-refractivity contribution is 0.0953. The van der Waals surface area contributed by atoms with Crippen LogP contribution in [0, 0.1) is 0 Å². The zero-order valence-electron chi connectivity index (χ0n) is 23.2.